The highest BCUT2D eigenvalue weighted by atomic mass is 35.5. The largest absolute Gasteiger partial charge is 0.468 e. The van der Waals surface area contributed by atoms with Crippen LogP contribution in [0.3, 0.4) is 0 Å². The lowest BCUT2D eigenvalue weighted by Crippen LogP contribution is -2.06. The van der Waals surface area contributed by atoms with Gasteiger partial charge in [-0.3, -0.25) is 0 Å². The molecule has 0 fully saturated rings. The van der Waals surface area contributed by atoms with E-state index in [1.165, 1.54) is 4.68 Å². The van der Waals surface area contributed by atoms with Gasteiger partial charge in [0, 0.05) is 6.20 Å². The number of ether oxygens (including phenoxy) is 1. The van der Waals surface area contributed by atoms with E-state index in [0.29, 0.717) is 20.8 Å². The quantitative estimate of drug-likeness (QED) is 0.942. The summed E-state index contributed by atoms with van der Waals surface area (Å²) in [7, 11) is 0. The highest BCUT2D eigenvalue weighted by molar-refractivity contribution is 6.37. The number of nitrogens with zero attached hydrogens (tertiary/aromatic N) is 2. The first kappa shape index (κ1) is 12.4. The fourth-order valence-corrected chi connectivity index (χ4v) is 1.89. The summed E-state index contributed by atoms with van der Waals surface area (Å²) >= 11 is 17.6. The summed E-state index contributed by atoms with van der Waals surface area (Å²) in [6.45, 7) is 0.125. The topological polar surface area (TPSA) is 53.1 Å². The van der Waals surface area contributed by atoms with E-state index in [-0.39, 0.29) is 12.5 Å². The van der Waals surface area contributed by atoms with Crippen LogP contribution in [0.2, 0.25) is 15.1 Å². The summed E-state index contributed by atoms with van der Waals surface area (Å²) < 4.78 is 6.90. The summed E-state index contributed by atoms with van der Waals surface area (Å²) in [4.78, 5) is 0. The Morgan fingerprint density at radius 1 is 1.18 bits per heavy atom. The number of nitrogen functional groups attached to an aromatic ring is 1. The molecule has 0 aliphatic rings. The van der Waals surface area contributed by atoms with Crippen molar-refractivity contribution >= 4 is 40.6 Å². The van der Waals surface area contributed by atoms with E-state index in [0.717, 1.165) is 0 Å². The van der Waals surface area contributed by atoms with Gasteiger partial charge < -0.3 is 10.5 Å². The van der Waals surface area contributed by atoms with Crippen LogP contribution in [0.5, 0.6) is 5.75 Å². The molecule has 90 valence electrons. The minimum atomic E-state index is 0.125. The van der Waals surface area contributed by atoms with Crippen LogP contribution >= 0.6 is 34.8 Å². The second-order valence-corrected chi connectivity index (χ2v) is 4.45. The van der Waals surface area contributed by atoms with Gasteiger partial charge in [-0.2, -0.15) is 5.10 Å². The first-order valence-corrected chi connectivity index (χ1v) is 5.76. The molecule has 0 amide bonds. The van der Waals surface area contributed by atoms with Gasteiger partial charge in [-0.25, -0.2) is 4.68 Å². The molecule has 0 radical (unpaired) electrons. The molecule has 1 aromatic carbocycles. The molecule has 0 saturated carbocycles. The minimum absolute atomic E-state index is 0.125. The number of hydrogen-bond donors (Lipinski definition) is 1. The van der Waals surface area contributed by atoms with Gasteiger partial charge in [-0.1, -0.05) is 40.9 Å². The second kappa shape index (κ2) is 5.04. The lowest BCUT2D eigenvalue weighted by molar-refractivity contribution is 0.222. The maximum Gasteiger partial charge on any atom is 0.181 e. The minimum Gasteiger partial charge on any atom is -0.468 e. The van der Waals surface area contributed by atoms with Gasteiger partial charge in [0.05, 0.1) is 10.0 Å². The molecule has 1 aromatic heterocycles. The highest BCUT2D eigenvalue weighted by Crippen LogP contribution is 2.32. The van der Waals surface area contributed by atoms with Gasteiger partial charge in [0.15, 0.2) is 18.3 Å². The lowest BCUT2D eigenvalue weighted by atomic mass is 10.3. The van der Waals surface area contributed by atoms with Crippen molar-refractivity contribution in [3.8, 4) is 5.75 Å². The molecule has 1 heterocycles. The molecule has 0 bridgehead atoms. The van der Waals surface area contributed by atoms with Crippen LogP contribution in [0.15, 0.2) is 24.4 Å². The van der Waals surface area contributed by atoms with E-state index in [2.05, 4.69) is 5.10 Å². The van der Waals surface area contributed by atoms with Crippen LogP contribution in [0.4, 0.5) is 5.82 Å². The average molecular weight is 293 g/mol. The molecule has 7 heteroatoms. The normalized spacial score (nSPS) is 10.5. The van der Waals surface area contributed by atoms with Crippen molar-refractivity contribution in [3.63, 3.8) is 0 Å². The third-order valence-corrected chi connectivity index (χ3v) is 2.89. The zero-order chi connectivity index (χ0) is 12.4. The number of nitrogens with two attached hydrogens (primary N) is 1. The van der Waals surface area contributed by atoms with Gasteiger partial charge in [-0.15, -0.1) is 0 Å². The molecule has 0 saturated heterocycles. The predicted octanol–water partition coefficient (Wildman–Crippen LogP) is 3.46. The maximum absolute atomic E-state index is 5.94. The molecule has 0 aliphatic heterocycles. The van der Waals surface area contributed by atoms with Crippen molar-refractivity contribution in [1.29, 1.82) is 0 Å². The second-order valence-electron chi connectivity index (χ2n) is 3.23. The van der Waals surface area contributed by atoms with E-state index < -0.39 is 0 Å². The smallest absolute Gasteiger partial charge is 0.181 e. The SMILES string of the molecule is Nc1nn(COc2c(Cl)cccc2Cl)cc1Cl. The molecule has 2 rings (SSSR count). The van der Waals surface area contributed by atoms with Crippen LogP contribution in [0.1, 0.15) is 0 Å². The predicted molar refractivity (Wildman–Crippen MR) is 68.7 cm³/mol. The summed E-state index contributed by atoms with van der Waals surface area (Å²) in [5.74, 6) is 0.654. The zero-order valence-corrected chi connectivity index (χ0v) is 10.8. The van der Waals surface area contributed by atoms with E-state index in [4.69, 9.17) is 45.3 Å². The number of rotatable bonds is 3. The Morgan fingerprint density at radius 2 is 1.82 bits per heavy atom. The van der Waals surface area contributed by atoms with Crippen molar-refractivity contribution in [2.45, 2.75) is 6.73 Å². The Balaban J connectivity index is 2.12. The number of para-hydroxylation sites is 1. The van der Waals surface area contributed by atoms with Gasteiger partial charge in [-0.05, 0) is 12.1 Å². The fourth-order valence-electron chi connectivity index (χ4n) is 1.23. The van der Waals surface area contributed by atoms with Crippen LogP contribution < -0.4 is 10.5 Å². The molecule has 0 spiro atoms. The molecule has 0 aliphatic carbocycles. The van der Waals surface area contributed by atoms with Gasteiger partial charge in [0.2, 0.25) is 0 Å². The number of anilines is 1. The lowest BCUT2D eigenvalue weighted by Gasteiger charge is -2.09. The number of aromatic nitrogens is 2. The van der Waals surface area contributed by atoms with E-state index in [1.807, 2.05) is 0 Å². The van der Waals surface area contributed by atoms with Crippen molar-refractivity contribution in [3.05, 3.63) is 39.5 Å². The summed E-state index contributed by atoms with van der Waals surface area (Å²) in [6, 6.07) is 5.11. The Hall–Kier alpha value is -1.10. The molecule has 2 aromatic rings. The van der Waals surface area contributed by atoms with Crippen molar-refractivity contribution < 1.29 is 4.74 Å². The number of hydrogen-bond acceptors (Lipinski definition) is 3. The molecule has 2 N–H and O–H groups in total. The Morgan fingerprint density at radius 3 is 2.35 bits per heavy atom. The summed E-state index contributed by atoms with van der Waals surface area (Å²) in [5.41, 5.74) is 5.50. The molecular formula is C10H8Cl3N3O. The first-order valence-electron chi connectivity index (χ1n) is 4.63. The highest BCUT2D eigenvalue weighted by Gasteiger charge is 2.08. The van der Waals surface area contributed by atoms with Crippen LogP contribution in [-0.2, 0) is 6.73 Å². The van der Waals surface area contributed by atoms with Crippen LogP contribution in [-0.4, -0.2) is 9.78 Å². The average Bonchev–Trinajstić information content (AvgIpc) is 2.58. The standard InChI is InChI=1S/C10H8Cl3N3O/c11-6-2-1-3-7(12)9(6)17-5-16-4-8(13)10(14)15-16/h1-4H,5H2,(H2,14,15). The molecule has 0 atom stereocenters. The molecule has 4 nitrogen and oxygen atoms in total. The number of benzene rings is 1. The Bertz CT molecular complexity index is 502. The van der Waals surface area contributed by atoms with Crippen LogP contribution in [0.25, 0.3) is 0 Å². The Kier molecular flexibility index (Phi) is 3.66. The molecule has 17 heavy (non-hydrogen) atoms. The Labute approximate surface area is 113 Å². The molecular weight excluding hydrogens is 284 g/mol. The molecule has 0 unspecified atom stereocenters. The maximum atomic E-state index is 5.94. The van der Waals surface area contributed by atoms with Crippen molar-refractivity contribution in [2.24, 2.45) is 0 Å². The third kappa shape index (κ3) is 2.77. The van der Waals surface area contributed by atoms with E-state index >= 15 is 0 Å². The fraction of sp³-hybridized carbons (Fsp3) is 0.100. The van der Waals surface area contributed by atoms with Crippen molar-refractivity contribution in [1.82, 2.24) is 9.78 Å². The third-order valence-electron chi connectivity index (χ3n) is 2.00. The first-order chi connectivity index (χ1) is 8.08. The van der Waals surface area contributed by atoms with E-state index in [1.54, 1.807) is 24.4 Å². The summed E-state index contributed by atoms with van der Waals surface area (Å²) in [5, 5.41) is 5.18. The zero-order valence-electron chi connectivity index (χ0n) is 8.53. The van der Waals surface area contributed by atoms with Gasteiger partial charge in [0.25, 0.3) is 0 Å². The van der Waals surface area contributed by atoms with Gasteiger partial charge in [0.1, 0.15) is 5.02 Å². The van der Waals surface area contributed by atoms with Gasteiger partial charge >= 0.3 is 0 Å². The monoisotopic (exact) mass is 291 g/mol. The van der Waals surface area contributed by atoms with E-state index in [9.17, 15) is 0 Å². The van der Waals surface area contributed by atoms with Crippen LogP contribution in [0, 0.1) is 0 Å². The number of halogens is 3. The summed E-state index contributed by atoms with van der Waals surface area (Å²) in [6.07, 6.45) is 1.56. The van der Waals surface area contributed by atoms with Crippen molar-refractivity contribution in [2.75, 3.05) is 5.73 Å².